The zero-order valence-corrected chi connectivity index (χ0v) is 17.1. The Morgan fingerprint density at radius 2 is 1.93 bits per heavy atom. The summed E-state index contributed by atoms with van der Waals surface area (Å²) in [6.07, 6.45) is 1.81. The molecular formula is C20H22FN5OS. The highest BCUT2D eigenvalue weighted by atomic mass is 32.1. The molecule has 0 radical (unpaired) electrons. The molecule has 3 aromatic rings. The van der Waals surface area contributed by atoms with Crippen LogP contribution in [0, 0.1) is 5.82 Å². The normalized spacial score (nSPS) is 16.9. The molecule has 0 spiro atoms. The number of aromatic nitrogens is 4. The molecule has 2 aromatic heterocycles. The van der Waals surface area contributed by atoms with Crippen molar-refractivity contribution in [2.45, 2.75) is 45.7 Å². The number of benzene rings is 1. The lowest BCUT2D eigenvalue weighted by atomic mass is 9.96. The standard InChI is InChI=1S/C20H22FN5OS/c1-12-15-11-22-16(17-23-19(24-28-17)20(2,3)4)26(15)10-9-25(12)18(27)13-5-7-14(21)8-6-13/h5-8,11-12H,9-10H2,1-4H3. The van der Waals surface area contributed by atoms with Crippen molar-refractivity contribution in [3.05, 3.63) is 53.4 Å². The topological polar surface area (TPSA) is 63.9 Å². The first kappa shape index (κ1) is 18.7. The van der Waals surface area contributed by atoms with Gasteiger partial charge in [-0.15, -0.1) is 0 Å². The van der Waals surface area contributed by atoms with Gasteiger partial charge in [-0.25, -0.2) is 14.4 Å². The van der Waals surface area contributed by atoms with Crippen molar-refractivity contribution < 1.29 is 9.18 Å². The van der Waals surface area contributed by atoms with Crippen molar-refractivity contribution in [1.29, 1.82) is 0 Å². The Kier molecular flexibility index (Phi) is 4.53. The molecule has 0 fully saturated rings. The van der Waals surface area contributed by atoms with Crippen molar-refractivity contribution in [2.24, 2.45) is 0 Å². The number of rotatable bonds is 2. The number of fused-ring (bicyclic) bond motifs is 1. The van der Waals surface area contributed by atoms with E-state index in [0.717, 1.165) is 22.4 Å². The Balaban J connectivity index is 1.62. The minimum atomic E-state index is -0.349. The van der Waals surface area contributed by atoms with E-state index < -0.39 is 0 Å². The van der Waals surface area contributed by atoms with Crippen molar-refractivity contribution in [1.82, 2.24) is 23.8 Å². The van der Waals surface area contributed by atoms with Crippen LogP contribution in [0.25, 0.3) is 10.8 Å². The van der Waals surface area contributed by atoms with Gasteiger partial charge >= 0.3 is 0 Å². The van der Waals surface area contributed by atoms with Crippen LogP contribution in [-0.2, 0) is 12.0 Å². The van der Waals surface area contributed by atoms with Gasteiger partial charge in [0, 0.05) is 24.1 Å². The summed E-state index contributed by atoms with van der Waals surface area (Å²) in [5.74, 6) is 1.15. The summed E-state index contributed by atoms with van der Waals surface area (Å²) in [4.78, 5) is 23.9. The summed E-state index contributed by atoms with van der Waals surface area (Å²) < 4.78 is 19.8. The van der Waals surface area contributed by atoms with Crippen LogP contribution in [0.1, 0.15) is 55.6 Å². The van der Waals surface area contributed by atoms with Crippen molar-refractivity contribution >= 4 is 17.4 Å². The molecule has 8 heteroatoms. The van der Waals surface area contributed by atoms with Crippen molar-refractivity contribution in [3.63, 3.8) is 0 Å². The molecule has 1 aromatic carbocycles. The van der Waals surface area contributed by atoms with Crippen LogP contribution in [0.5, 0.6) is 0 Å². The number of imidazole rings is 1. The average Bonchev–Trinajstić information content (AvgIpc) is 3.29. The van der Waals surface area contributed by atoms with E-state index in [2.05, 4.69) is 39.7 Å². The van der Waals surface area contributed by atoms with E-state index in [1.807, 2.05) is 13.1 Å². The van der Waals surface area contributed by atoms with Crippen LogP contribution in [0.3, 0.4) is 0 Å². The fourth-order valence-electron chi connectivity index (χ4n) is 3.34. The van der Waals surface area contributed by atoms with Crippen LogP contribution in [-0.4, -0.2) is 36.3 Å². The number of amides is 1. The van der Waals surface area contributed by atoms with Crippen LogP contribution in [0.15, 0.2) is 30.5 Å². The second-order valence-corrected chi connectivity index (χ2v) is 8.76. The largest absolute Gasteiger partial charge is 0.329 e. The second-order valence-electron chi connectivity index (χ2n) is 8.01. The molecule has 6 nitrogen and oxygen atoms in total. The minimum Gasteiger partial charge on any atom is -0.329 e. The Morgan fingerprint density at radius 1 is 1.21 bits per heavy atom. The van der Waals surface area contributed by atoms with Gasteiger partial charge in [-0.2, -0.15) is 4.37 Å². The molecule has 146 valence electrons. The molecule has 0 aliphatic carbocycles. The Hall–Kier alpha value is -2.61. The van der Waals surface area contributed by atoms with Gasteiger partial charge in [-0.1, -0.05) is 20.8 Å². The number of carbonyl (C=O) groups is 1. The lowest BCUT2D eigenvalue weighted by molar-refractivity contribution is 0.0644. The predicted molar refractivity (Wildman–Crippen MR) is 106 cm³/mol. The van der Waals surface area contributed by atoms with Gasteiger partial charge in [0.2, 0.25) is 0 Å². The van der Waals surface area contributed by atoms with Crippen molar-refractivity contribution in [2.75, 3.05) is 6.54 Å². The molecule has 1 atom stereocenters. The number of halogens is 1. The van der Waals surface area contributed by atoms with E-state index in [1.54, 1.807) is 4.90 Å². The van der Waals surface area contributed by atoms with Gasteiger partial charge in [0.05, 0.1) is 17.9 Å². The highest BCUT2D eigenvalue weighted by molar-refractivity contribution is 7.09. The van der Waals surface area contributed by atoms with E-state index >= 15 is 0 Å². The maximum atomic E-state index is 13.2. The molecule has 0 saturated heterocycles. The molecule has 0 bridgehead atoms. The second kappa shape index (κ2) is 6.77. The average molecular weight is 399 g/mol. The lowest BCUT2D eigenvalue weighted by Crippen LogP contribution is -2.41. The molecular weight excluding hydrogens is 377 g/mol. The number of nitrogens with zero attached hydrogens (tertiary/aromatic N) is 5. The maximum absolute atomic E-state index is 13.2. The van der Waals surface area contributed by atoms with Crippen LogP contribution in [0.2, 0.25) is 0 Å². The first-order valence-electron chi connectivity index (χ1n) is 9.22. The zero-order valence-electron chi connectivity index (χ0n) is 16.3. The van der Waals surface area contributed by atoms with E-state index in [1.165, 1.54) is 35.8 Å². The van der Waals surface area contributed by atoms with E-state index in [0.29, 0.717) is 18.7 Å². The summed E-state index contributed by atoms with van der Waals surface area (Å²) in [6.45, 7) is 9.42. The summed E-state index contributed by atoms with van der Waals surface area (Å²) >= 11 is 1.35. The summed E-state index contributed by atoms with van der Waals surface area (Å²) in [5.41, 5.74) is 1.34. The molecule has 4 rings (SSSR count). The third-order valence-electron chi connectivity index (χ3n) is 4.99. The van der Waals surface area contributed by atoms with Gasteiger partial charge in [-0.05, 0) is 42.7 Å². The molecule has 1 aliphatic heterocycles. The summed E-state index contributed by atoms with van der Waals surface area (Å²) in [5, 5.41) is 0.793. The smallest absolute Gasteiger partial charge is 0.254 e. The van der Waals surface area contributed by atoms with Crippen LogP contribution >= 0.6 is 11.5 Å². The van der Waals surface area contributed by atoms with Crippen LogP contribution in [0.4, 0.5) is 4.39 Å². The number of hydrogen-bond acceptors (Lipinski definition) is 5. The monoisotopic (exact) mass is 399 g/mol. The van der Waals surface area contributed by atoms with Gasteiger partial charge in [0.15, 0.2) is 10.8 Å². The highest BCUT2D eigenvalue weighted by Gasteiger charge is 2.31. The SMILES string of the molecule is CC1c2cnc(-c3nc(C(C)(C)C)ns3)n2CCN1C(=O)c1ccc(F)cc1. The van der Waals surface area contributed by atoms with E-state index in [9.17, 15) is 9.18 Å². The first-order valence-corrected chi connectivity index (χ1v) is 9.99. The lowest BCUT2D eigenvalue weighted by Gasteiger charge is -2.35. The molecule has 1 amide bonds. The number of hydrogen-bond donors (Lipinski definition) is 0. The fraction of sp³-hybridized carbons (Fsp3) is 0.400. The number of carbonyl (C=O) groups excluding carboxylic acids is 1. The highest BCUT2D eigenvalue weighted by Crippen LogP contribution is 2.32. The third kappa shape index (κ3) is 3.22. The fourth-order valence-corrected chi connectivity index (χ4v) is 4.20. The van der Waals surface area contributed by atoms with E-state index in [-0.39, 0.29) is 23.2 Å². The predicted octanol–water partition coefficient (Wildman–Crippen LogP) is 4.06. The maximum Gasteiger partial charge on any atom is 0.254 e. The summed E-state index contributed by atoms with van der Waals surface area (Å²) in [7, 11) is 0. The van der Waals surface area contributed by atoms with Gasteiger partial charge < -0.3 is 9.47 Å². The molecule has 28 heavy (non-hydrogen) atoms. The van der Waals surface area contributed by atoms with Gasteiger partial charge in [0.25, 0.3) is 5.91 Å². The van der Waals surface area contributed by atoms with E-state index in [4.69, 9.17) is 0 Å². The molecule has 0 saturated carbocycles. The quantitative estimate of drug-likeness (QED) is 0.652. The molecule has 0 N–H and O–H groups in total. The molecule has 1 unspecified atom stereocenters. The third-order valence-corrected chi connectivity index (χ3v) is 5.70. The van der Waals surface area contributed by atoms with Gasteiger partial charge in [-0.3, -0.25) is 4.79 Å². The van der Waals surface area contributed by atoms with Crippen LogP contribution < -0.4 is 0 Å². The first-order chi connectivity index (χ1) is 13.3. The Morgan fingerprint density at radius 3 is 2.57 bits per heavy atom. The van der Waals surface area contributed by atoms with Gasteiger partial charge in [0.1, 0.15) is 11.6 Å². The molecule has 1 aliphatic rings. The zero-order chi connectivity index (χ0) is 20.1. The minimum absolute atomic E-state index is 0.104. The molecule has 3 heterocycles. The van der Waals surface area contributed by atoms with Crippen molar-refractivity contribution in [3.8, 4) is 10.8 Å². The summed E-state index contributed by atoms with van der Waals surface area (Å²) in [6, 6.07) is 5.54. The Labute approximate surface area is 167 Å². The Bertz CT molecular complexity index is 1020.